The van der Waals surface area contributed by atoms with E-state index in [-0.39, 0.29) is 16.6 Å². The van der Waals surface area contributed by atoms with Crippen molar-refractivity contribution in [2.24, 2.45) is 16.2 Å². The first kappa shape index (κ1) is 18.4. The van der Waals surface area contributed by atoms with Gasteiger partial charge in [0.25, 0.3) is 0 Å². The number of hydrogen-bond donors (Lipinski definition) is 0. The largest absolute Gasteiger partial charge is 0.293 e. The highest BCUT2D eigenvalue weighted by atomic mass is 31.1. The summed E-state index contributed by atoms with van der Waals surface area (Å²) in [4.78, 5) is 37.6. The molecule has 0 N–H and O–H groups in total. The van der Waals surface area contributed by atoms with Crippen LogP contribution in [-0.4, -0.2) is 16.6 Å². The van der Waals surface area contributed by atoms with E-state index in [2.05, 4.69) is 0 Å². The van der Waals surface area contributed by atoms with Gasteiger partial charge in [0.2, 0.25) is 0 Å². The third-order valence-corrected chi connectivity index (χ3v) is 5.77. The van der Waals surface area contributed by atoms with E-state index < -0.39 is 24.2 Å². The van der Waals surface area contributed by atoms with Gasteiger partial charge in [0.15, 0.2) is 16.6 Å². The fourth-order valence-corrected chi connectivity index (χ4v) is 3.85. The number of carbonyl (C=O) groups is 3. The molecule has 19 heavy (non-hydrogen) atoms. The lowest BCUT2D eigenvalue weighted by molar-refractivity contribution is -0.124. The molecule has 0 aliphatic rings. The molecule has 0 radical (unpaired) electrons. The van der Waals surface area contributed by atoms with Crippen molar-refractivity contribution in [3.8, 4) is 0 Å². The normalized spacial score (nSPS) is 13.6. The van der Waals surface area contributed by atoms with Crippen LogP contribution in [0.1, 0.15) is 62.3 Å². The molecule has 0 spiro atoms. The van der Waals surface area contributed by atoms with E-state index in [9.17, 15) is 14.4 Å². The van der Waals surface area contributed by atoms with Gasteiger partial charge < -0.3 is 0 Å². The average molecular weight is 286 g/mol. The molecular weight excluding hydrogens is 259 g/mol. The summed E-state index contributed by atoms with van der Waals surface area (Å²) in [5, 5.41) is 0. The second-order valence-electron chi connectivity index (χ2n) is 8.00. The SMILES string of the molecule is CC(C)(C)C(=O)P(C(=O)C(C)(C)C)C(=O)C(C)(C)C. The van der Waals surface area contributed by atoms with E-state index in [1.807, 2.05) is 0 Å². The summed E-state index contributed by atoms with van der Waals surface area (Å²) in [6.07, 6.45) is 0. The summed E-state index contributed by atoms with van der Waals surface area (Å²) in [6.45, 7) is 15.8. The fourth-order valence-electron chi connectivity index (χ4n) is 1.28. The molecule has 0 unspecified atom stereocenters. The van der Waals surface area contributed by atoms with Crippen LogP contribution in [0.2, 0.25) is 0 Å². The number of rotatable bonds is 3. The van der Waals surface area contributed by atoms with Crippen molar-refractivity contribution in [1.82, 2.24) is 0 Å². The van der Waals surface area contributed by atoms with Crippen molar-refractivity contribution >= 4 is 24.5 Å². The molecule has 0 aromatic rings. The molecule has 0 aromatic heterocycles. The Morgan fingerprint density at radius 3 is 0.789 bits per heavy atom. The lowest BCUT2D eigenvalue weighted by atomic mass is 9.98. The van der Waals surface area contributed by atoms with Gasteiger partial charge in [-0.05, 0) is 0 Å². The first-order valence-corrected chi connectivity index (χ1v) is 7.87. The van der Waals surface area contributed by atoms with E-state index in [0.29, 0.717) is 0 Å². The molecule has 3 nitrogen and oxygen atoms in total. The van der Waals surface area contributed by atoms with Crippen LogP contribution in [0.25, 0.3) is 0 Å². The van der Waals surface area contributed by atoms with E-state index in [1.54, 1.807) is 62.3 Å². The Labute approximate surface area is 118 Å². The van der Waals surface area contributed by atoms with Gasteiger partial charge in [0, 0.05) is 16.2 Å². The summed E-state index contributed by atoms with van der Waals surface area (Å²) in [5.74, 6) is 0. The predicted molar refractivity (Wildman–Crippen MR) is 80.3 cm³/mol. The van der Waals surface area contributed by atoms with Crippen molar-refractivity contribution in [2.45, 2.75) is 62.3 Å². The van der Waals surface area contributed by atoms with Crippen molar-refractivity contribution in [1.29, 1.82) is 0 Å². The topological polar surface area (TPSA) is 51.2 Å². The minimum atomic E-state index is -1.93. The molecule has 4 heteroatoms. The summed E-state index contributed by atoms with van der Waals surface area (Å²) in [6, 6.07) is 0. The molecule has 0 aliphatic carbocycles. The minimum absolute atomic E-state index is 0.220. The molecule has 0 saturated heterocycles. The van der Waals surface area contributed by atoms with Crippen molar-refractivity contribution in [2.75, 3.05) is 0 Å². The van der Waals surface area contributed by atoms with Gasteiger partial charge in [0.05, 0.1) is 0 Å². The van der Waals surface area contributed by atoms with Crippen LogP contribution in [0, 0.1) is 16.2 Å². The van der Waals surface area contributed by atoms with Crippen molar-refractivity contribution in [3.05, 3.63) is 0 Å². The Balaban J connectivity index is 5.74. The molecular formula is C15H27O3P. The fraction of sp³-hybridized carbons (Fsp3) is 0.800. The maximum Gasteiger partial charge on any atom is 0.174 e. The van der Waals surface area contributed by atoms with E-state index in [1.165, 1.54) is 0 Å². The summed E-state index contributed by atoms with van der Waals surface area (Å²) in [5.41, 5.74) is -2.68. The van der Waals surface area contributed by atoms with Crippen molar-refractivity contribution < 1.29 is 14.4 Å². The van der Waals surface area contributed by atoms with Gasteiger partial charge in [-0.25, -0.2) is 0 Å². The Morgan fingerprint density at radius 1 is 0.526 bits per heavy atom. The van der Waals surface area contributed by atoms with Gasteiger partial charge >= 0.3 is 0 Å². The van der Waals surface area contributed by atoms with E-state index in [4.69, 9.17) is 0 Å². The minimum Gasteiger partial charge on any atom is -0.293 e. The first-order chi connectivity index (χ1) is 8.10. The number of carbonyl (C=O) groups excluding carboxylic acids is 3. The standard InChI is InChI=1S/C15H27O3P/c1-13(2,3)10(16)19(11(17)14(4,5)6)12(18)15(7,8)9/h1-9H3. The molecule has 0 amide bonds. The zero-order chi connectivity index (χ0) is 15.8. The van der Waals surface area contributed by atoms with E-state index in [0.717, 1.165) is 0 Å². The molecule has 0 aliphatic heterocycles. The van der Waals surface area contributed by atoms with Crippen LogP contribution in [0.4, 0.5) is 0 Å². The summed E-state index contributed by atoms with van der Waals surface area (Å²) >= 11 is 0. The van der Waals surface area contributed by atoms with Gasteiger partial charge in [-0.2, -0.15) is 0 Å². The number of hydrogen-bond acceptors (Lipinski definition) is 3. The maximum atomic E-state index is 12.5. The van der Waals surface area contributed by atoms with Crippen LogP contribution in [0.15, 0.2) is 0 Å². The van der Waals surface area contributed by atoms with Crippen LogP contribution in [0.5, 0.6) is 0 Å². The molecule has 0 rings (SSSR count). The van der Waals surface area contributed by atoms with Crippen LogP contribution in [-0.2, 0) is 14.4 Å². The molecule has 110 valence electrons. The Bertz CT molecular complexity index is 327. The molecule has 0 fully saturated rings. The quantitative estimate of drug-likeness (QED) is 0.731. The lowest BCUT2D eigenvalue weighted by Gasteiger charge is -2.31. The summed E-state index contributed by atoms with van der Waals surface area (Å²) in [7, 11) is -1.93. The molecule has 0 saturated carbocycles. The highest BCUT2D eigenvalue weighted by Crippen LogP contribution is 2.53. The average Bonchev–Trinajstić information content (AvgIpc) is 2.13. The van der Waals surface area contributed by atoms with Gasteiger partial charge in [-0.15, -0.1) is 0 Å². The van der Waals surface area contributed by atoms with Crippen molar-refractivity contribution in [3.63, 3.8) is 0 Å². The van der Waals surface area contributed by atoms with Crippen LogP contribution in [0.3, 0.4) is 0 Å². The lowest BCUT2D eigenvalue weighted by Crippen LogP contribution is -2.33. The molecule has 0 heterocycles. The Morgan fingerprint density at radius 2 is 0.684 bits per heavy atom. The van der Waals surface area contributed by atoms with Gasteiger partial charge in [0.1, 0.15) is 7.92 Å². The molecule has 0 bridgehead atoms. The second kappa shape index (κ2) is 5.44. The third kappa shape index (κ3) is 4.80. The van der Waals surface area contributed by atoms with Crippen LogP contribution < -0.4 is 0 Å². The highest BCUT2D eigenvalue weighted by molar-refractivity contribution is 8.01. The Hall–Kier alpha value is -0.560. The van der Waals surface area contributed by atoms with Gasteiger partial charge in [-0.1, -0.05) is 62.3 Å². The highest BCUT2D eigenvalue weighted by Gasteiger charge is 2.46. The predicted octanol–water partition coefficient (Wildman–Crippen LogP) is 4.19. The molecule has 0 atom stereocenters. The maximum absolute atomic E-state index is 12.5. The third-order valence-electron chi connectivity index (χ3n) is 2.53. The van der Waals surface area contributed by atoms with Gasteiger partial charge in [-0.3, -0.25) is 14.4 Å². The Kier molecular flexibility index (Phi) is 5.28. The van der Waals surface area contributed by atoms with E-state index >= 15 is 0 Å². The first-order valence-electron chi connectivity index (χ1n) is 6.53. The monoisotopic (exact) mass is 286 g/mol. The smallest absolute Gasteiger partial charge is 0.174 e. The zero-order valence-electron chi connectivity index (χ0n) is 13.7. The second-order valence-corrected chi connectivity index (χ2v) is 9.89. The van der Waals surface area contributed by atoms with Crippen LogP contribution >= 0.6 is 7.92 Å². The zero-order valence-corrected chi connectivity index (χ0v) is 14.6. The summed E-state index contributed by atoms with van der Waals surface area (Å²) < 4.78 is 0. The molecule has 0 aromatic carbocycles.